The Morgan fingerprint density at radius 3 is 2.67 bits per heavy atom. The molecule has 1 amide bonds. The Hall–Kier alpha value is -3.92. The number of ether oxygens (including phenoxy) is 2. The van der Waals surface area contributed by atoms with E-state index in [2.05, 4.69) is 30.4 Å². The number of hydrogen-bond acceptors (Lipinski definition) is 8. The molecule has 1 N–H and O–H groups in total. The van der Waals surface area contributed by atoms with Crippen molar-refractivity contribution in [2.45, 2.75) is 39.9 Å². The molecular weight excluding hydrogens is 422 g/mol. The molecular formula is C23H25N7O3. The van der Waals surface area contributed by atoms with Crippen LogP contribution in [0.2, 0.25) is 0 Å². The fourth-order valence-electron chi connectivity index (χ4n) is 3.12. The topological polar surface area (TPSA) is 117 Å². The zero-order valence-electron chi connectivity index (χ0n) is 18.9. The quantitative estimate of drug-likeness (QED) is 0.438. The Bertz CT molecular complexity index is 1250. The van der Waals surface area contributed by atoms with E-state index in [9.17, 15) is 4.79 Å². The molecule has 0 aliphatic carbocycles. The number of fused-ring (bicyclic) bond motifs is 1. The number of aromatic nitrogens is 6. The lowest BCUT2D eigenvalue weighted by Crippen LogP contribution is -2.38. The Kier molecular flexibility index (Phi) is 6.55. The van der Waals surface area contributed by atoms with E-state index in [1.54, 1.807) is 35.5 Å². The zero-order chi connectivity index (χ0) is 23.4. The van der Waals surface area contributed by atoms with Crippen molar-refractivity contribution in [1.82, 2.24) is 29.7 Å². The molecule has 10 heteroatoms. The number of nitrogens with zero attached hydrogens (tertiary/aromatic N) is 6. The van der Waals surface area contributed by atoms with Gasteiger partial charge in [0.25, 0.3) is 5.91 Å². The lowest BCUT2D eigenvalue weighted by molar-refractivity contribution is -0.126. The van der Waals surface area contributed by atoms with Crippen LogP contribution in [0.5, 0.6) is 5.88 Å². The Morgan fingerprint density at radius 1 is 1.09 bits per heavy atom. The monoisotopic (exact) mass is 447 g/mol. The van der Waals surface area contributed by atoms with Gasteiger partial charge in [-0.3, -0.25) is 9.78 Å². The Morgan fingerprint density at radius 2 is 1.94 bits per heavy atom. The fraction of sp³-hybridized carbons (Fsp3) is 0.304. The number of nitrogens with one attached hydrogen (secondary N) is 1. The maximum atomic E-state index is 13.0. The molecule has 4 rings (SSSR count). The van der Waals surface area contributed by atoms with Crippen molar-refractivity contribution in [3.63, 3.8) is 0 Å². The summed E-state index contributed by atoms with van der Waals surface area (Å²) in [5.41, 5.74) is 3.33. The summed E-state index contributed by atoms with van der Waals surface area (Å²) in [6, 6.07) is 5.45. The van der Waals surface area contributed by atoms with Gasteiger partial charge in [-0.15, -0.1) is 0 Å². The van der Waals surface area contributed by atoms with Gasteiger partial charge in [0, 0.05) is 18.6 Å². The molecule has 0 aromatic carbocycles. The third kappa shape index (κ3) is 5.12. The first-order valence-electron chi connectivity index (χ1n) is 10.5. The first-order valence-corrected chi connectivity index (χ1v) is 10.5. The maximum absolute atomic E-state index is 13.0. The van der Waals surface area contributed by atoms with Crippen LogP contribution in [-0.2, 0) is 9.53 Å². The van der Waals surface area contributed by atoms with Gasteiger partial charge >= 0.3 is 0 Å². The molecule has 4 heterocycles. The molecule has 0 saturated heterocycles. The highest BCUT2D eigenvalue weighted by atomic mass is 16.5. The third-order valence-corrected chi connectivity index (χ3v) is 4.84. The van der Waals surface area contributed by atoms with Crippen LogP contribution in [0.25, 0.3) is 16.7 Å². The summed E-state index contributed by atoms with van der Waals surface area (Å²) in [6.07, 6.45) is 7.08. The van der Waals surface area contributed by atoms with Gasteiger partial charge in [0.1, 0.15) is 17.5 Å². The van der Waals surface area contributed by atoms with Gasteiger partial charge in [0.2, 0.25) is 12.0 Å². The second-order valence-corrected chi connectivity index (χ2v) is 7.83. The first kappa shape index (κ1) is 22.3. The maximum Gasteiger partial charge on any atom is 0.269 e. The second-order valence-electron chi connectivity index (χ2n) is 7.83. The molecule has 0 aliphatic rings. The summed E-state index contributed by atoms with van der Waals surface area (Å²) in [4.78, 5) is 30.0. The minimum atomic E-state index is -0.959. The molecule has 4 aromatic heterocycles. The number of rotatable bonds is 8. The molecule has 4 aromatic rings. The number of carbonyl (C=O) groups is 1. The Labute approximate surface area is 191 Å². The highest BCUT2D eigenvalue weighted by molar-refractivity contribution is 5.94. The smallest absolute Gasteiger partial charge is 0.269 e. The number of hydrogen-bond donors (Lipinski definition) is 1. The van der Waals surface area contributed by atoms with Gasteiger partial charge in [-0.1, -0.05) is 6.07 Å². The molecule has 33 heavy (non-hydrogen) atoms. The zero-order valence-corrected chi connectivity index (χ0v) is 18.9. The van der Waals surface area contributed by atoms with Crippen molar-refractivity contribution in [3.8, 4) is 11.6 Å². The molecule has 0 fully saturated rings. The molecule has 0 bridgehead atoms. The fourth-order valence-corrected chi connectivity index (χ4v) is 3.12. The van der Waals surface area contributed by atoms with Crippen LogP contribution < -0.4 is 10.1 Å². The SMILES string of the molecule is Cc1ccc(NC(=O)[C@H](COC(C)C)Oc2ncnc3c2cnn3-c2ccncc2C)nc1. The van der Waals surface area contributed by atoms with Crippen molar-refractivity contribution in [2.24, 2.45) is 0 Å². The summed E-state index contributed by atoms with van der Waals surface area (Å²) < 4.78 is 13.4. The number of carbonyl (C=O) groups excluding carboxylic acids is 1. The third-order valence-electron chi connectivity index (χ3n) is 4.84. The first-order chi connectivity index (χ1) is 15.9. The molecule has 0 aliphatic heterocycles. The molecule has 0 spiro atoms. The number of pyridine rings is 2. The summed E-state index contributed by atoms with van der Waals surface area (Å²) in [5, 5.41) is 7.80. The summed E-state index contributed by atoms with van der Waals surface area (Å²) in [6.45, 7) is 7.69. The van der Waals surface area contributed by atoms with Crippen molar-refractivity contribution in [2.75, 3.05) is 11.9 Å². The summed E-state index contributed by atoms with van der Waals surface area (Å²) in [5.74, 6) is 0.274. The molecule has 1 atom stereocenters. The van der Waals surface area contributed by atoms with Crippen LogP contribution in [0, 0.1) is 13.8 Å². The molecule has 0 radical (unpaired) electrons. The van der Waals surface area contributed by atoms with Crippen LogP contribution >= 0.6 is 0 Å². The molecule has 0 saturated carbocycles. The van der Waals surface area contributed by atoms with Crippen LogP contribution in [0.1, 0.15) is 25.0 Å². The number of amides is 1. The van der Waals surface area contributed by atoms with Crippen molar-refractivity contribution in [1.29, 1.82) is 0 Å². The van der Waals surface area contributed by atoms with E-state index in [1.807, 2.05) is 39.8 Å². The summed E-state index contributed by atoms with van der Waals surface area (Å²) >= 11 is 0. The second kappa shape index (κ2) is 9.70. The van der Waals surface area contributed by atoms with Crippen molar-refractivity contribution >= 4 is 22.8 Å². The van der Waals surface area contributed by atoms with E-state index in [4.69, 9.17) is 9.47 Å². The Balaban J connectivity index is 1.62. The number of anilines is 1. The highest BCUT2D eigenvalue weighted by Gasteiger charge is 2.25. The lowest BCUT2D eigenvalue weighted by atomic mass is 10.2. The van der Waals surface area contributed by atoms with Crippen molar-refractivity contribution in [3.05, 3.63) is 60.4 Å². The average molecular weight is 447 g/mol. The highest BCUT2D eigenvalue weighted by Crippen LogP contribution is 2.25. The van der Waals surface area contributed by atoms with Gasteiger partial charge in [0.05, 0.1) is 24.6 Å². The molecule has 170 valence electrons. The van der Waals surface area contributed by atoms with Crippen LogP contribution in [0.4, 0.5) is 5.82 Å². The average Bonchev–Trinajstić information content (AvgIpc) is 3.23. The van der Waals surface area contributed by atoms with E-state index in [1.165, 1.54) is 6.33 Å². The number of aryl methyl sites for hydroxylation is 2. The minimum absolute atomic E-state index is 0.0401. The summed E-state index contributed by atoms with van der Waals surface area (Å²) in [7, 11) is 0. The van der Waals surface area contributed by atoms with Gasteiger partial charge < -0.3 is 14.8 Å². The van der Waals surface area contributed by atoms with E-state index < -0.39 is 12.0 Å². The van der Waals surface area contributed by atoms with Gasteiger partial charge in [-0.25, -0.2) is 19.6 Å². The predicted octanol–water partition coefficient (Wildman–Crippen LogP) is 3.03. The minimum Gasteiger partial charge on any atom is -0.461 e. The normalized spacial score (nSPS) is 12.2. The van der Waals surface area contributed by atoms with Crippen LogP contribution in [0.3, 0.4) is 0 Å². The van der Waals surface area contributed by atoms with Gasteiger partial charge in [0.15, 0.2) is 5.65 Å². The molecule has 0 unspecified atom stereocenters. The lowest BCUT2D eigenvalue weighted by Gasteiger charge is -2.19. The molecule has 10 nitrogen and oxygen atoms in total. The van der Waals surface area contributed by atoms with Crippen LogP contribution in [-0.4, -0.2) is 54.4 Å². The van der Waals surface area contributed by atoms with Gasteiger partial charge in [-0.05, 0) is 51.0 Å². The van der Waals surface area contributed by atoms with Gasteiger partial charge in [-0.2, -0.15) is 5.10 Å². The van der Waals surface area contributed by atoms with Crippen molar-refractivity contribution < 1.29 is 14.3 Å². The van der Waals surface area contributed by atoms with E-state index in [0.29, 0.717) is 16.9 Å². The van der Waals surface area contributed by atoms with E-state index in [-0.39, 0.29) is 18.6 Å². The van der Waals surface area contributed by atoms with E-state index in [0.717, 1.165) is 16.8 Å². The van der Waals surface area contributed by atoms with E-state index >= 15 is 0 Å². The van der Waals surface area contributed by atoms with Crippen LogP contribution in [0.15, 0.2) is 49.3 Å². The predicted molar refractivity (Wildman–Crippen MR) is 122 cm³/mol. The largest absolute Gasteiger partial charge is 0.461 e. The standard InChI is InChI=1S/C23H25N7O3/c1-14(2)32-12-19(22(31)29-20-6-5-15(3)9-25-20)33-23-17-11-28-30(21(17)26-13-27-23)18-7-8-24-10-16(18)4/h5-11,13-14,19H,12H2,1-4H3,(H,25,29,31)/t19-/m0/s1.